The monoisotopic (exact) mass is 429 g/mol. The van der Waals surface area contributed by atoms with E-state index < -0.39 is 0 Å². The summed E-state index contributed by atoms with van der Waals surface area (Å²) in [6.07, 6.45) is 10.2. The van der Waals surface area contributed by atoms with Crippen LogP contribution in [0.1, 0.15) is 24.6 Å². The number of pyridine rings is 1. The first-order chi connectivity index (χ1) is 13.0. The second-order valence-corrected chi connectivity index (χ2v) is 5.96. The van der Waals surface area contributed by atoms with Crippen molar-refractivity contribution in [3.63, 3.8) is 0 Å². The molecule has 0 unspecified atom stereocenters. The highest BCUT2D eigenvalue weighted by atomic mass is 79.9. The van der Waals surface area contributed by atoms with Gasteiger partial charge in [-0.15, -0.1) is 12.8 Å². The average Bonchev–Trinajstić information content (AvgIpc) is 2.88. The molecule has 1 aromatic heterocycles. The van der Waals surface area contributed by atoms with E-state index in [1.165, 1.54) is 7.11 Å². The van der Waals surface area contributed by atoms with Crippen LogP contribution in [0, 0.1) is 12.8 Å². The van der Waals surface area contributed by atoms with Gasteiger partial charge in [0.25, 0.3) is 0 Å². The zero-order chi connectivity index (χ0) is 20.2. The van der Waals surface area contributed by atoms with Crippen molar-refractivity contribution in [2.45, 2.75) is 13.3 Å². The van der Waals surface area contributed by atoms with Crippen molar-refractivity contribution >= 4 is 39.2 Å². The molecule has 2 heterocycles. The van der Waals surface area contributed by atoms with E-state index in [2.05, 4.69) is 48.8 Å². The van der Waals surface area contributed by atoms with Crippen molar-refractivity contribution in [1.29, 1.82) is 0 Å². The van der Waals surface area contributed by atoms with Gasteiger partial charge in [0.15, 0.2) is 0 Å². The van der Waals surface area contributed by atoms with E-state index in [9.17, 15) is 9.59 Å². The fraction of sp³-hybridized carbons (Fsp3) is 0.200. The smallest absolute Gasteiger partial charge is 0.305 e. The molecule has 1 N–H and O–H groups in total. The molecule has 1 aliphatic rings. The van der Waals surface area contributed by atoms with Crippen molar-refractivity contribution in [3.8, 4) is 12.8 Å². The van der Waals surface area contributed by atoms with E-state index >= 15 is 0 Å². The minimum absolute atomic E-state index is 0.109. The standard InChI is InChI=1S/C14H10BrN3O.C4H8O2.C2H2/c15-9-4-5-11-10(7-9)14(17-8-13(19)18-11)12-3-1-2-6-16-12;1-3-4(5)6-2;1-2/h1-7H,8H2,(H,18,19);3H2,1-2H3;1-2H. The maximum atomic E-state index is 11.7. The minimum Gasteiger partial charge on any atom is -0.469 e. The third-order valence-electron chi connectivity index (χ3n) is 3.32. The van der Waals surface area contributed by atoms with Crippen LogP contribution in [0.15, 0.2) is 52.1 Å². The molecule has 140 valence electrons. The fourth-order valence-corrected chi connectivity index (χ4v) is 2.47. The number of ether oxygens (including phenoxy) is 1. The number of halogens is 1. The number of benzene rings is 1. The molecule has 1 amide bonds. The summed E-state index contributed by atoms with van der Waals surface area (Å²) < 4.78 is 5.20. The Hall–Kier alpha value is -2.98. The first kappa shape index (κ1) is 22.1. The number of hydrogen-bond acceptors (Lipinski definition) is 5. The van der Waals surface area contributed by atoms with Crippen molar-refractivity contribution in [3.05, 3.63) is 58.3 Å². The Labute approximate surface area is 167 Å². The molecule has 0 atom stereocenters. The second-order valence-electron chi connectivity index (χ2n) is 5.05. The number of carbonyl (C=O) groups is 2. The summed E-state index contributed by atoms with van der Waals surface area (Å²) in [6.45, 7) is 1.87. The molecule has 0 saturated carbocycles. The van der Waals surface area contributed by atoms with Crippen molar-refractivity contribution in [2.24, 2.45) is 4.99 Å². The van der Waals surface area contributed by atoms with Crippen LogP contribution in [0.4, 0.5) is 5.69 Å². The van der Waals surface area contributed by atoms with Gasteiger partial charge in [0.2, 0.25) is 5.91 Å². The van der Waals surface area contributed by atoms with Crippen LogP contribution in [0.25, 0.3) is 0 Å². The van der Waals surface area contributed by atoms with Gasteiger partial charge < -0.3 is 10.1 Å². The lowest BCUT2D eigenvalue weighted by Gasteiger charge is -2.09. The number of rotatable bonds is 2. The maximum absolute atomic E-state index is 11.7. The van der Waals surface area contributed by atoms with E-state index in [0.29, 0.717) is 6.42 Å². The number of terminal acetylenes is 1. The molecular formula is C20H20BrN3O3. The molecule has 0 aliphatic carbocycles. The van der Waals surface area contributed by atoms with Gasteiger partial charge in [-0.25, -0.2) is 0 Å². The van der Waals surface area contributed by atoms with Gasteiger partial charge in [0.1, 0.15) is 6.54 Å². The third kappa shape index (κ3) is 6.68. The molecule has 6 nitrogen and oxygen atoms in total. The predicted octanol–water partition coefficient (Wildman–Crippen LogP) is 3.45. The number of amides is 1. The SMILES string of the molecule is C#C.CCC(=O)OC.O=C1CN=C(c2ccccn2)c2cc(Br)ccc2N1. The van der Waals surface area contributed by atoms with Gasteiger partial charge in [0.05, 0.1) is 24.2 Å². The zero-order valence-electron chi connectivity index (χ0n) is 15.1. The van der Waals surface area contributed by atoms with Crippen molar-refractivity contribution < 1.29 is 14.3 Å². The number of hydrogen-bond donors (Lipinski definition) is 1. The highest BCUT2D eigenvalue weighted by Gasteiger charge is 2.18. The second kappa shape index (κ2) is 11.6. The van der Waals surface area contributed by atoms with E-state index in [1.54, 1.807) is 13.1 Å². The van der Waals surface area contributed by atoms with Crippen LogP contribution < -0.4 is 5.32 Å². The van der Waals surface area contributed by atoms with Crippen LogP contribution in [-0.2, 0) is 14.3 Å². The third-order valence-corrected chi connectivity index (χ3v) is 3.81. The molecular weight excluding hydrogens is 410 g/mol. The van der Waals surface area contributed by atoms with Crippen LogP contribution in [0.3, 0.4) is 0 Å². The maximum Gasteiger partial charge on any atom is 0.305 e. The Kier molecular flexibility index (Phi) is 9.48. The molecule has 2 aromatic rings. The molecule has 1 aromatic carbocycles. The Morgan fingerprint density at radius 2 is 2.04 bits per heavy atom. The summed E-state index contributed by atoms with van der Waals surface area (Å²) in [6, 6.07) is 11.3. The first-order valence-corrected chi connectivity index (χ1v) is 8.80. The summed E-state index contributed by atoms with van der Waals surface area (Å²) >= 11 is 3.44. The molecule has 0 bridgehead atoms. The number of carbonyl (C=O) groups excluding carboxylic acids is 2. The van der Waals surface area contributed by atoms with Gasteiger partial charge >= 0.3 is 5.97 Å². The summed E-state index contributed by atoms with van der Waals surface area (Å²) in [5, 5.41) is 2.85. The molecule has 1 aliphatic heterocycles. The van der Waals surface area contributed by atoms with Crippen molar-refractivity contribution in [2.75, 3.05) is 19.0 Å². The normalized spacial score (nSPS) is 11.7. The fourth-order valence-electron chi connectivity index (χ4n) is 2.11. The molecule has 27 heavy (non-hydrogen) atoms. The quantitative estimate of drug-likeness (QED) is 0.585. The van der Waals surface area contributed by atoms with E-state index in [1.807, 2.05) is 36.4 Å². The first-order valence-electron chi connectivity index (χ1n) is 8.01. The Balaban J connectivity index is 0.000000392. The van der Waals surface area contributed by atoms with Gasteiger partial charge in [-0.1, -0.05) is 28.9 Å². The Bertz CT molecular complexity index is 827. The van der Waals surface area contributed by atoms with Gasteiger partial charge in [-0.05, 0) is 30.3 Å². The molecule has 3 rings (SSSR count). The van der Waals surface area contributed by atoms with Crippen LogP contribution in [0.2, 0.25) is 0 Å². The summed E-state index contributed by atoms with van der Waals surface area (Å²) in [7, 11) is 1.38. The topological polar surface area (TPSA) is 80.7 Å². The molecule has 0 saturated heterocycles. The Morgan fingerprint density at radius 1 is 1.30 bits per heavy atom. The predicted molar refractivity (Wildman–Crippen MR) is 110 cm³/mol. The summed E-state index contributed by atoms with van der Waals surface area (Å²) in [5.41, 5.74) is 3.13. The minimum atomic E-state index is -0.157. The van der Waals surface area contributed by atoms with E-state index in [0.717, 1.165) is 27.1 Å². The van der Waals surface area contributed by atoms with Crippen molar-refractivity contribution in [1.82, 2.24) is 4.98 Å². The number of benzodiazepines with no additional fused rings is 1. The molecule has 0 fully saturated rings. The number of nitrogens with one attached hydrogen (secondary N) is 1. The lowest BCUT2D eigenvalue weighted by Crippen LogP contribution is -2.13. The zero-order valence-corrected chi connectivity index (χ0v) is 16.7. The molecule has 0 spiro atoms. The number of aliphatic imine (C=N–C) groups is 1. The van der Waals surface area contributed by atoms with Gasteiger partial charge in [-0.2, -0.15) is 0 Å². The Morgan fingerprint density at radius 3 is 2.59 bits per heavy atom. The van der Waals surface area contributed by atoms with E-state index in [-0.39, 0.29) is 18.4 Å². The number of esters is 1. The number of fused-ring (bicyclic) bond motifs is 1. The average molecular weight is 430 g/mol. The van der Waals surface area contributed by atoms with Gasteiger partial charge in [0, 0.05) is 22.7 Å². The highest BCUT2D eigenvalue weighted by molar-refractivity contribution is 9.10. The highest BCUT2D eigenvalue weighted by Crippen LogP contribution is 2.25. The number of methoxy groups -OCH3 is 1. The van der Waals surface area contributed by atoms with Gasteiger partial charge in [-0.3, -0.25) is 19.6 Å². The van der Waals surface area contributed by atoms with Crippen LogP contribution >= 0.6 is 15.9 Å². The summed E-state index contributed by atoms with van der Waals surface area (Å²) in [4.78, 5) is 30.3. The lowest BCUT2D eigenvalue weighted by molar-refractivity contribution is -0.140. The van der Waals surface area contributed by atoms with Crippen LogP contribution in [0.5, 0.6) is 0 Å². The number of nitrogens with zero attached hydrogens (tertiary/aromatic N) is 2. The largest absolute Gasteiger partial charge is 0.469 e. The number of anilines is 1. The molecule has 0 radical (unpaired) electrons. The summed E-state index contributed by atoms with van der Waals surface area (Å²) in [5.74, 6) is -0.274. The van der Waals surface area contributed by atoms with Crippen LogP contribution in [-0.4, -0.2) is 36.2 Å². The lowest BCUT2D eigenvalue weighted by atomic mass is 10.0. The number of aromatic nitrogens is 1. The van der Waals surface area contributed by atoms with E-state index in [4.69, 9.17) is 0 Å². The molecule has 7 heteroatoms.